The van der Waals surface area contributed by atoms with E-state index in [0.29, 0.717) is 26.0 Å². The highest BCUT2D eigenvalue weighted by Crippen LogP contribution is 2.46. The number of rotatable bonds is 7. The lowest BCUT2D eigenvalue weighted by Crippen LogP contribution is -2.47. The van der Waals surface area contributed by atoms with E-state index in [2.05, 4.69) is 5.32 Å². The maximum atomic E-state index is 12.5. The lowest BCUT2D eigenvalue weighted by atomic mass is 9.76. The summed E-state index contributed by atoms with van der Waals surface area (Å²) in [7, 11) is 0. The molecule has 3 unspecified atom stereocenters. The van der Waals surface area contributed by atoms with Crippen molar-refractivity contribution in [1.29, 1.82) is 0 Å². The van der Waals surface area contributed by atoms with Crippen molar-refractivity contribution in [2.75, 3.05) is 26.2 Å². The van der Waals surface area contributed by atoms with E-state index in [1.54, 1.807) is 0 Å². The first-order valence-corrected chi connectivity index (χ1v) is 10.8. The molecule has 2 aliphatic carbocycles. The van der Waals surface area contributed by atoms with Crippen molar-refractivity contribution in [3.05, 3.63) is 24.3 Å². The van der Waals surface area contributed by atoms with Crippen molar-refractivity contribution in [2.45, 2.75) is 69.7 Å². The topological polar surface area (TPSA) is 67.9 Å². The van der Waals surface area contributed by atoms with Crippen LogP contribution in [0.4, 0.5) is 0 Å². The Balaban J connectivity index is 0.00000240. The molecule has 4 aliphatic rings. The first-order chi connectivity index (χ1) is 13.7. The molecule has 2 amide bonds. The van der Waals surface area contributed by atoms with Gasteiger partial charge in [-0.2, -0.15) is 0 Å². The van der Waals surface area contributed by atoms with Crippen molar-refractivity contribution in [1.82, 2.24) is 10.2 Å². The molecule has 1 N–H and O–H groups in total. The summed E-state index contributed by atoms with van der Waals surface area (Å²) in [6, 6.07) is 0. The molecule has 3 atom stereocenters. The Hall–Kier alpha value is -1.21. The van der Waals surface area contributed by atoms with Crippen LogP contribution in [0.15, 0.2) is 24.3 Å². The summed E-state index contributed by atoms with van der Waals surface area (Å²) in [4.78, 5) is 26.4. The first-order valence-electron chi connectivity index (χ1n) is 10.8. The summed E-state index contributed by atoms with van der Waals surface area (Å²) in [6.45, 7) is 2.76. The number of nitrogens with one attached hydrogen (secondary N) is 1. The molecule has 1 saturated carbocycles. The van der Waals surface area contributed by atoms with Crippen molar-refractivity contribution < 1.29 is 19.1 Å². The number of hydrogen-bond acceptors (Lipinski definition) is 5. The summed E-state index contributed by atoms with van der Waals surface area (Å²) >= 11 is 0. The quantitative estimate of drug-likeness (QED) is 0.502. The van der Waals surface area contributed by atoms with Gasteiger partial charge in [-0.1, -0.05) is 37.1 Å². The second-order valence-corrected chi connectivity index (χ2v) is 8.70. The Bertz CT molecular complexity index is 625. The number of fused-ring (bicyclic) bond motifs is 1. The molecule has 2 aliphatic heterocycles. The average molecular weight is 425 g/mol. The van der Waals surface area contributed by atoms with Crippen molar-refractivity contribution in [3.63, 3.8) is 0 Å². The number of amides is 2. The van der Waals surface area contributed by atoms with E-state index in [1.807, 2.05) is 24.3 Å². The molecular formula is C22H33ClN2O4. The molecule has 0 aromatic rings. The SMILES string of the molecule is Cl.O=C1CC2(CCCC2)CC(=O)N1CCCCNCC1COC2C=CC=CC2O1. The van der Waals surface area contributed by atoms with Crippen molar-refractivity contribution >= 4 is 24.2 Å². The fraction of sp³-hybridized carbons (Fsp3) is 0.727. The average Bonchev–Trinajstić information content (AvgIpc) is 3.13. The summed E-state index contributed by atoms with van der Waals surface area (Å²) in [5.74, 6) is 0.0889. The number of ether oxygens (including phenoxy) is 2. The van der Waals surface area contributed by atoms with Gasteiger partial charge in [-0.15, -0.1) is 12.4 Å². The zero-order chi connectivity index (χ0) is 19.4. The second-order valence-electron chi connectivity index (χ2n) is 8.70. The van der Waals surface area contributed by atoms with Crippen LogP contribution in [0.25, 0.3) is 0 Å². The standard InChI is InChI=1S/C22H32N2O4.ClH/c25-20-13-22(9-3-4-10-22)14-21(26)24(20)12-6-5-11-23-15-17-16-27-18-7-1-2-8-19(18)28-17;/h1-2,7-8,17-19,23H,3-6,9-16H2;1H. The van der Waals surface area contributed by atoms with Gasteiger partial charge in [-0.05, 0) is 37.6 Å². The number of hydrogen-bond donors (Lipinski definition) is 1. The van der Waals surface area contributed by atoms with Gasteiger partial charge in [0, 0.05) is 25.9 Å². The van der Waals surface area contributed by atoms with E-state index in [4.69, 9.17) is 9.47 Å². The molecule has 2 saturated heterocycles. The summed E-state index contributed by atoms with van der Waals surface area (Å²) < 4.78 is 11.9. The molecule has 7 heteroatoms. The smallest absolute Gasteiger partial charge is 0.229 e. The van der Waals surface area contributed by atoms with E-state index in [-0.39, 0.29) is 47.9 Å². The van der Waals surface area contributed by atoms with Gasteiger partial charge in [-0.3, -0.25) is 14.5 Å². The fourth-order valence-corrected chi connectivity index (χ4v) is 4.97. The van der Waals surface area contributed by atoms with E-state index < -0.39 is 0 Å². The van der Waals surface area contributed by atoms with Crippen LogP contribution >= 0.6 is 12.4 Å². The Morgan fingerprint density at radius 3 is 2.45 bits per heavy atom. The van der Waals surface area contributed by atoms with Gasteiger partial charge in [0.15, 0.2) is 0 Å². The molecule has 3 fully saturated rings. The molecule has 29 heavy (non-hydrogen) atoms. The number of likely N-dealkylation sites (tertiary alicyclic amines) is 1. The van der Waals surface area contributed by atoms with Gasteiger partial charge in [0.25, 0.3) is 0 Å². The highest BCUT2D eigenvalue weighted by Gasteiger charge is 2.44. The zero-order valence-corrected chi connectivity index (χ0v) is 17.8. The molecule has 0 aromatic carbocycles. The molecule has 162 valence electrons. The number of halogens is 1. The number of nitrogens with zero attached hydrogens (tertiary/aromatic N) is 1. The van der Waals surface area contributed by atoms with E-state index in [9.17, 15) is 9.59 Å². The third kappa shape index (κ3) is 5.48. The minimum atomic E-state index is -0.00336. The third-order valence-corrected chi connectivity index (χ3v) is 6.54. The minimum absolute atomic E-state index is 0. The molecular weight excluding hydrogens is 392 g/mol. The number of allylic oxidation sites excluding steroid dienone is 2. The Kier molecular flexibility index (Phi) is 7.91. The second kappa shape index (κ2) is 10.2. The Morgan fingerprint density at radius 2 is 1.72 bits per heavy atom. The van der Waals surface area contributed by atoms with E-state index >= 15 is 0 Å². The monoisotopic (exact) mass is 424 g/mol. The van der Waals surface area contributed by atoms with Crippen LogP contribution in [0.2, 0.25) is 0 Å². The van der Waals surface area contributed by atoms with Crippen LogP contribution < -0.4 is 5.32 Å². The molecule has 1 spiro atoms. The highest BCUT2D eigenvalue weighted by atomic mass is 35.5. The van der Waals surface area contributed by atoms with Crippen LogP contribution in [0.1, 0.15) is 51.4 Å². The molecule has 0 aromatic heterocycles. The first kappa shape index (κ1) is 22.5. The van der Waals surface area contributed by atoms with E-state index in [1.165, 1.54) is 4.90 Å². The molecule has 2 heterocycles. The van der Waals surface area contributed by atoms with Gasteiger partial charge in [0.1, 0.15) is 12.2 Å². The number of carbonyl (C=O) groups excluding carboxylic acids is 2. The van der Waals surface area contributed by atoms with Crippen molar-refractivity contribution in [2.24, 2.45) is 5.41 Å². The van der Waals surface area contributed by atoms with Crippen molar-refractivity contribution in [3.8, 4) is 0 Å². The zero-order valence-electron chi connectivity index (χ0n) is 17.0. The number of carbonyl (C=O) groups is 2. The number of unbranched alkanes of at least 4 members (excludes halogenated alkanes) is 1. The number of piperidine rings is 1. The lowest BCUT2D eigenvalue weighted by Gasteiger charge is -2.37. The number of imide groups is 1. The predicted octanol–water partition coefficient (Wildman–Crippen LogP) is 2.77. The van der Waals surface area contributed by atoms with Gasteiger partial charge in [0.2, 0.25) is 11.8 Å². The summed E-state index contributed by atoms with van der Waals surface area (Å²) in [5.41, 5.74) is -0.00336. The maximum Gasteiger partial charge on any atom is 0.229 e. The molecule has 4 rings (SSSR count). The van der Waals surface area contributed by atoms with Crippen LogP contribution in [-0.2, 0) is 19.1 Å². The molecule has 0 bridgehead atoms. The van der Waals surface area contributed by atoms with Gasteiger partial charge in [-0.25, -0.2) is 0 Å². The molecule has 0 radical (unpaired) electrons. The fourth-order valence-electron chi connectivity index (χ4n) is 4.97. The summed E-state index contributed by atoms with van der Waals surface area (Å²) in [5, 5.41) is 3.41. The predicted molar refractivity (Wildman–Crippen MR) is 113 cm³/mol. The maximum absolute atomic E-state index is 12.5. The lowest BCUT2D eigenvalue weighted by molar-refractivity contribution is -0.153. The van der Waals surface area contributed by atoms with Gasteiger partial charge >= 0.3 is 0 Å². The van der Waals surface area contributed by atoms with Crippen LogP contribution in [0, 0.1) is 5.41 Å². The minimum Gasteiger partial charge on any atom is -0.368 e. The van der Waals surface area contributed by atoms with E-state index in [0.717, 1.165) is 51.6 Å². The Morgan fingerprint density at radius 1 is 1.03 bits per heavy atom. The largest absolute Gasteiger partial charge is 0.368 e. The normalized spacial score (nSPS) is 30.5. The summed E-state index contributed by atoms with van der Waals surface area (Å²) in [6.07, 6.45) is 15.5. The van der Waals surface area contributed by atoms with Crippen LogP contribution in [-0.4, -0.2) is 61.3 Å². The van der Waals surface area contributed by atoms with Gasteiger partial charge < -0.3 is 14.8 Å². The highest BCUT2D eigenvalue weighted by molar-refractivity contribution is 5.98. The molecule has 6 nitrogen and oxygen atoms in total. The van der Waals surface area contributed by atoms with Gasteiger partial charge in [0.05, 0.1) is 12.7 Å². The Labute approximate surface area is 179 Å². The van der Waals surface area contributed by atoms with Crippen LogP contribution in [0.5, 0.6) is 0 Å². The third-order valence-electron chi connectivity index (χ3n) is 6.54. The van der Waals surface area contributed by atoms with Crippen LogP contribution in [0.3, 0.4) is 0 Å².